The van der Waals surface area contributed by atoms with E-state index in [1.807, 2.05) is 13.8 Å². The second kappa shape index (κ2) is 4.84. The van der Waals surface area contributed by atoms with Crippen molar-refractivity contribution in [2.24, 2.45) is 13.0 Å². The van der Waals surface area contributed by atoms with Gasteiger partial charge >= 0.3 is 0 Å². The molecule has 7 heteroatoms. The fourth-order valence-electron chi connectivity index (χ4n) is 1.25. The Morgan fingerprint density at radius 2 is 2.19 bits per heavy atom. The maximum atomic E-state index is 11.8. The number of sulfonamides is 1. The van der Waals surface area contributed by atoms with E-state index in [1.54, 1.807) is 7.05 Å². The van der Waals surface area contributed by atoms with E-state index in [0.29, 0.717) is 12.5 Å². The van der Waals surface area contributed by atoms with E-state index in [2.05, 4.69) is 9.82 Å². The summed E-state index contributed by atoms with van der Waals surface area (Å²) in [4.78, 5) is 0.0405. The van der Waals surface area contributed by atoms with Gasteiger partial charge in [0.15, 0.2) is 5.82 Å². The summed E-state index contributed by atoms with van der Waals surface area (Å²) < 4.78 is 27.5. The van der Waals surface area contributed by atoms with Gasteiger partial charge < -0.3 is 5.73 Å². The number of nitrogens with one attached hydrogen (secondary N) is 1. The van der Waals surface area contributed by atoms with Gasteiger partial charge in [-0.2, -0.15) is 5.10 Å². The predicted octanol–water partition coefficient (Wildman–Crippen LogP) is 0.327. The van der Waals surface area contributed by atoms with Crippen molar-refractivity contribution in [3.05, 3.63) is 6.20 Å². The highest BCUT2D eigenvalue weighted by Gasteiger charge is 2.19. The maximum Gasteiger partial charge on any atom is 0.245 e. The van der Waals surface area contributed by atoms with Gasteiger partial charge in [0.1, 0.15) is 4.90 Å². The Bertz CT molecular complexity index is 450. The van der Waals surface area contributed by atoms with E-state index in [-0.39, 0.29) is 10.7 Å². The van der Waals surface area contributed by atoms with Crippen LogP contribution >= 0.6 is 0 Å². The molecule has 16 heavy (non-hydrogen) atoms. The molecule has 0 aliphatic rings. The number of aromatic nitrogens is 2. The molecule has 6 nitrogen and oxygen atoms in total. The first-order valence-electron chi connectivity index (χ1n) is 5.11. The Labute approximate surface area is 95.9 Å². The molecule has 1 rings (SSSR count). The molecule has 0 radical (unpaired) electrons. The molecule has 0 fully saturated rings. The van der Waals surface area contributed by atoms with E-state index in [4.69, 9.17) is 5.73 Å². The van der Waals surface area contributed by atoms with Crippen molar-refractivity contribution in [3.63, 3.8) is 0 Å². The first kappa shape index (κ1) is 13.0. The molecule has 0 aliphatic carbocycles. The summed E-state index contributed by atoms with van der Waals surface area (Å²) in [6, 6.07) is 0. The second-order valence-electron chi connectivity index (χ2n) is 4.13. The first-order chi connectivity index (χ1) is 7.33. The van der Waals surface area contributed by atoms with Crippen LogP contribution in [0.2, 0.25) is 0 Å². The van der Waals surface area contributed by atoms with Crippen LogP contribution in [0.3, 0.4) is 0 Å². The van der Waals surface area contributed by atoms with Crippen LogP contribution in [0, 0.1) is 5.92 Å². The number of nitrogen functional groups attached to an aromatic ring is 1. The van der Waals surface area contributed by atoms with E-state index < -0.39 is 10.0 Å². The smallest absolute Gasteiger partial charge is 0.245 e. The van der Waals surface area contributed by atoms with E-state index in [1.165, 1.54) is 10.9 Å². The van der Waals surface area contributed by atoms with Gasteiger partial charge in [-0.1, -0.05) is 13.8 Å². The molecule has 0 saturated heterocycles. The van der Waals surface area contributed by atoms with Crippen molar-refractivity contribution in [1.29, 1.82) is 0 Å². The molecule has 0 aliphatic heterocycles. The predicted molar refractivity (Wildman–Crippen MR) is 62.3 cm³/mol. The third-order valence-corrected chi connectivity index (χ3v) is 3.60. The number of rotatable bonds is 5. The summed E-state index contributed by atoms with van der Waals surface area (Å²) in [5.41, 5.74) is 5.51. The van der Waals surface area contributed by atoms with E-state index in [0.717, 1.165) is 6.42 Å². The van der Waals surface area contributed by atoms with Gasteiger partial charge in [-0.3, -0.25) is 4.68 Å². The third-order valence-electron chi connectivity index (χ3n) is 2.13. The number of aryl methyl sites for hydroxylation is 1. The monoisotopic (exact) mass is 246 g/mol. The molecule has 0 saturated carbocycles. The minimum absolute atomic E-state index is 0.0274. The number of anilines is 1. The van der Waals surface area contributed by atoms with Crippen molar-refractivity contribution >= 4 is 15.8 Å². The summed E-state index contributed by atoms with van der Waals surface area (Å²) in [7, 11) is -1.90. The van der Waals surface area contributed by atoms with E-state index >= 15 is 0 Å². The summed E-state index contributed by atoms with van der Waals surface area (Å²) in [6.07, 6.45) is 2.19. The van der Waals surface area contributed by atoms with Gasteiger partial charge in [-0.05, 0) is 12.3 Å². The average molecular weight is 246 g/mol. The molecule has 3 N–H and O–H groups in total. The lowest BCUT2D eigenvalue weighted by atomic mass is 10.1. The number of hydrogen-bond acceptors (Lipinski definition) is 4. The molecule has 1 aromatic heterocycles. The van der Waals surface area contributed by atoms with Crippen LogP contribution in [0.25, 0.3) is 0 Å². The quantitative estimate of drug-likeness (QED) is 0.783. The van der Waals surface area contributed by atoms with Crippen LogP contribution in [0.4, 0.5) is 5.82 Å². The van der Waals surface area contributed by atoms with Crippen LogP contribution in [-0.4, -0.2) is 24.7 Å². The van der Waals surface area contributed by atoms with Crippen LogP contribution in [0.1, 0.15) is 20.3 Å². The molecule has 0 spiro atoms. The Hall–Kier alpha value is -1.08. The summed E-state index contributed by atoms with van der Waals surface area (Å²) in [6.45, 7) is 4.48. The zero-order valence-corrected chi connectivity index (χ0v) is 10.6. The Balaban J connectivity index is 2.75. The van der Waals surface area contributed by atoms with Gasteiger partial charge in [0.25, 0.3) is 0 Å². The minimum atomic E-state index is -3.52. The summed E-state index contributed by atoms with van der Waals surface area (Å²) in [5, 5.41) is 3.80. The lowest BCUT2D eigenvalue weighted by molar-refractivity contribution is 0.552. The minimum Gasteiger partial charge on any atom is -0.381 e. The zero-order valence-electron chi connectivity index (χ0n) is 9.77. The highest BCUT2D eigenvalue weighted by Crippen LogP contribution is 2.15. The molecule has 0 unspecified atom stereocenters. The Morgan fingerprint density at radius 3 is 2.62 bits per heavy atom. The molecule has 0 bridgehead atoms. The summed E-state index contributed by atoms with van der Waals surface area (Å²) >= 11 is 0. The standard InChI is InChI=1S/C9H18N4O2S/c1-7(2)4-5-11-16(14,15)8-6-13(3)12-9(8)10/h6-7,11H,4-5H2,1-3H3,(H2,10,12). The highest BCUT2D eigenvalue weighted by atomic mass is 32.2. The van der Waals surface area contributed by atoms with Crippen molar-refractivity contribution in [1.82, 2.24) is 14.5 Å². The van der Waals surface area contributed by atoms with Crippen molar-refractivity contribution in [3.8, 4) is 0 Å². The van der Waals surface area contributed by atoms with Crippen LogP contribution in [-0.2, 0) is 17.1 Å². The molecule has 1 aromatic rings. The number of nitrogens with zero attached hydrogens (tertiary/aromatic N) is 2. The molecular formula is C9H18N4O2S. The van der Waals surface area contributed by atoms with Crippen LogP contribution < -0.4 is 10.5 Å². The van der Waals surface area contributed by atoms with Gasteiger partial charge in [0.05, 0.1) is 0 Å². The zero-order chi connectivity index (χ0) is 12.3. The normalized spacial score (nSPS) is 12.2. The van der Waals surface area contributed by atoms with Crippen LogP contribution in [0.15, 0.2) is 11.1 Å². The fraction of sp³-hybridized carbons (Fsp3) is 0.667. The lowest BCUT2D eigenvalue weighted by Crippen LogP contribution is -2.26. The Morgan fingerprint density at radius 1 is 1.56 bits per heavy atom. The molecular weight excluding hydrogens is 228 g/mol. The van der Waals surface area contributed by atoms with Crippen LogP contribution in [0.5, 0.6) is 0 Å². The molecule has 1 heterocycles. The maximum absolute atomic E-state index is 11.8. The fourth-order valence-corrected chi connectivity index (χ4v) is 2.40. The highest BCUT2D eigenvalue weighted by molar-refractivity contribution is 7.89. The largest absolute Gasteiger partial charge is 0.381 e. The molecule has 0 atom stereocenters. The van der Waals surface area contributed by atoms with Gasteiger partial charge in [-0.25, -0.2) is 13.1 Å². The average Bonchev–Trinajstić information content (AvgIpc) is 2.44. The lowest BCUT2D eigenvalue weighted by Gasteiger charge is -2.06. The first-order valence-corrected chi connectivity index (χ1v) is 6.60. The van der Waals surface area contributed by atoms with Crippen molar-refractivity contribution in [2.45, 2.75) is 25.2 Å². The van der Waals surface area contributed by atoms with E-state index in [9.17, 15) is 8.42 Å². The molecule has 92 valence electrons. The van der Waals surface area contributed by atoms with Gasteiger partial charge in [0, 0.05) is 19.8 Å². The third kappa shape index (κ3) is 3.21. The van der Waals surface area contributed by atoms with Gasteiger partial charge in [-0.15, -0.1) is 0 Å². The molecule has 0 aromatic carbocycles. The van der Waals surface area contributed by atoms with Crippen molar-refractivity contribution in [2.75, 3.05) is 12.3 Å². The second-order valence-corrected chi connectivity index (χ2v) is 5.87. The summed E-state index contributed by atoms with van der Waals surface area (Å²) in [5.74, 6) is 0.480. The Kier molecular flexibility index (Phi) is 3.93. The topological polar surface area (TPSA) is 90.0 Å². The number of nitrogens with two attached hydrogens (primary N) is 1. The number of hydrogen-bond donors (Lipinski definition) is 2. The van der Waals surface area contributed by atoms with Gasteiger partial charge in [0.2, 0.25) is 10.0 Å². The molecule has 0 amide bonds. The van der Waals surface area contributed by atoms with Crippen molar-refractivity contribution < 1.29 is 8.42 Å². The SMILES string of the molecule is CC(C)CCNS(=O)(=O)c1cn(C)nc1N.